The highest BCUT2D eigenvalue weighted by Crippen LogP contribution is 2.29. The molecule has 0 spiro atoms. The molecule has 0 bridgehead atoms. The average Bonchev–Trinajstić information content (AvgIpc) is 2.44. The van der Waals surface area contributed by atoms with Gasteiger partial charge in [-0.05, 0) is 33.7 Å². The number of aliphatic hydroxyl groups is 1. The van der Waals surface area contributed by atoms with Gasteiger partial charge in [-0.25, -0.2) is 4.79 Å². The number of esters is 1. The van der Waals surface area contributed by atoms with E-state index in [1.807, 2.05) is 13.8 Å². The lowest BCUT2D eigenvalue weighted by atomic mass is 10.1. The summed E-state index contributed by atoms with van der Waals surface area (Å²) in [6.45, 7) is 11.5. The Balaban J connectivity index is 5.43. The van der Waals surface area contributed by atoms with Crippen LogP contribution in [0.5, 0.6) is 0 Å². The van der Waals surface area contributed by atoms with E-state index in [-0.39, 0.29) is 6.42 Å². The second-order valence-electron chi connectivity index (χ2n) is 5.36. The van der Waals surface area contributed by atoms with E-state index in [4.69, 9.17) is 23.7 Å². The monoisotopic (exact) mass is 349 g/mol. The summed E-state index contributed by atoms with van der Waals surface area (Å²) >= 11 is 0. The summed E-state index contributed by atoms with van der Waals surface area (Å²) in [5, 5.41) is 9.72. The number of nitrogens with two attached hydrogens (primary N) is 1. The van der Waals surface area contributed by atoms with Gasteiger partial charge in [0.15, 0.2) is 0 Å². The van der Waals surface area contributed by atoms with Crippen molar-refractivity contribution in [2.45, 2.75) is 58.5 Å². The van der Waals surface area contributed by atoms with Crippen molar-refractivity contribution in [3.05, 3.63) is 12.7 Å². The van der Waals surface area contributed by atoms with Crippen LogP contribution < -0.4 is 5.73 Å². The molecule has 0 aromatic carbocycles. The number of carbonyl (C=O) groups is 1. The smallest absolute Gasteiger partial charge is 0.431 e. The first-order chi connectivity index (χ1) is 10.8. The minimum atomic E-state index is -3.10. The summed E-state index contributed by atoms with van der Waals surface area (Å²) < 4.78 is 23.0. The van der Waals surface area contributed by atoms with E-state index in [1.165, 1.54) is 0 Å². The molecule has 0 saturated heterocycles. The zero-order valence-electron chi connectivity index (χ0n) is 14.7. The van der Waals surface area contributed by atoms with Gasteiger partial charge < -0.3 is 28.9 Å². The molecule has 0 fully saturated rings. The quantitative estimate of drug-likeness (QED) is 0.225. The maximum Gasteiger partial charge on any atom is 0.503 e. The topological polar surface area (TPSA) is 100 Å². The molecular formula is C15H31NO6Si. The van der Waals surface area contributed by atoms with Gasteiger partial charge in [0.2, 0.25) is 5.79 Å². The van der Waals surface area contributed by atoms with E-state index in [0.717, 1.165) is 6.08 Å². The van der Waals surface area contributed by atoms with Crippen LogP contribution in [0.3, 0.4) is 0 Å². The van der Waals surface area contributed by atoms with Crippen molar-refractivity contribution in [2.24, 2.45) is 5.73 Å². The lowest BCUT2D eigenvalue weighted by Crippen LogP contribution is -2.54. The van der Waals surface area contributed by atoms with Gasteiger partial charge in [0, 0.05) is 38.7 Å². The van der Waals surface area contributed by atoms with E-state index in [9.17, 15) is 9.90 Å². The van der Waals surface area contributed by atoms with Gasteiger partial charge in [-0.1, -0.05) is 6.58 Å². The van der Waals surface area contributed by atoms with Crippen molar-refractivity contribution in [3.8, 4) is 0 Å². The summed E-state index contributed by atoms with van der Waals surface area (Å²) in [5.74, 6) is -2.01. The van der Waals surface area contributed by atoms with Crippen LogP contribution in [0.1, 0.15) is 40.5 Å². The maximum atomic E-state index is 11.6. The predicted molar refractivity (Wildman–Crippen MR) is 89.6 cm³/mol. The largest absolute Gasteiger partial charge is 0.503 e. The van der Waals surface area contributed by atoms with Gasteiger partial charge in [0.05, 0.1) is 6.10 Å². The molecule has 23 heavy (non-hydrogen) atoms. The number of ether oxygens (including phenoxy) is 1. The first-order valence-corrected chi connectivity index (χ1v) is 9.91. The van der Waals surface area contributed by atoms with Crippen LogP contribution in [-0.2, 0) is 22.8 Å². The van der Waals surface area contributed by atoms with E-state index >= 15 is 0 Å². The molecule has 2 atom stereocenters. The molecule has 2 unspecified atom stereocenters. The molecule has 3 N–H and O–H groups in total. The third-order valence-electron chi connectivity index (χ3n) is 2.94. The van der Waals surface area contributed by atoms with Crippen LogP contribution in [0.25, 0.3) is 0 Å². The Labute approximate surface area is 140 Å². The fourth-order valence-electron chi connectivity index (χ4n) is 2.28. The van der Waals surface area contributed by atoms with Crippen molar-refractivity contribution in [1.82, 2.24) is 0 Å². The summed E-state index contributed by atoms with van der Waals surface area (Å²) in [4.78, 5) is 11.6. The molecule has 0 aromatic heterocycles. The highest BCUT2D eigenvalue weighted by molar-refractivity contribution is 6.60. The molecule has 7 nitrogen and oxygen atoms in total. The molecule has 0 rings (SSSR count). The molecule has 0 saturated carbocycles. The first kappa shape index (κ1) is 22.2. The van der Waals surface area contributed by atoms with Crippen molar-refractivity contribution < 1.29 is 27.9 Å². The minimum Gasteiger partial charge on any atom is -0.431 e. The molecule has 8 heteroatoms. The van der Waals surface area contributed by atoms with Crippen molar-refractivity contribution in [1.29, 1.82) is 0 Å². The second kappa shape index (κ2) is 10.9. The molecule has 0 aliphatic heterocycles. The Morgan fingerprint density at radius 1 is 1.39 bits per heavy atom. The fourth-order valence-corrected chi connectivity index (χ4v) is 5.17. The highest BCUT2D eigenvalue weighted by atomic mass is 28.4. The Morgan fingerprint density at radius 3 is 2.35 bits per heavy atom. The van der Waals surface area contributed by atoms with Crippen molar-refractivity contribution >= 4 is 14.8 Å². The molecule has 0 heterocycles. The number of carbonyl (C=O) groups excluding carboxylic acids is 1. The van der Waals surface area contributed by atoms with E-state index in [2.05, 4.69) is 6.58 Å². The summed E-state index contributed by atoms with van der Waals surface area (Å²) in [5.41, 5.74) is 5.59. The third-order valence-corrected chi connectivity index (χ3v) is 6.10. The number of rotatable bonds is 13. The molecule has 0 amide bonds. The Hall–Kier alpha value is -0.773. The van der Waals surface area contributed by atoms with Gasteiger partial charge in [-0.3, -0.25) is 0 Å². The zero-order chi connectivity index (χ0) is 17.9. The summed E-state index contributed by atoms with van der Waals surface area (Å²) in [6, 6.07) is 0.506. The minimum absolute atomic E-state index is 0.0874. The van der Waals surface area contributed by atoms with Gasteiger partial charge in [-0.2, -0.15) is 0 Å². The van der Waals surface area contributed by atoms with Gasteiger partial charge >= 0.3 is 14.8 Å². The van der Waals surface area contributed by atoms with Crippen LogP contribution in [0, 0.1) is 0 Å². The fraction of sp³-hybridized carbons (Fsp3) is 0.800. The molecule has 0 aromatic rings. The molecule has 136 valence electrons. The Morgan fingerprint density at radius 2 is 1.96 bits per heavy atom. The third kappa shape index (κ3) is 8.59. The van der Waals surface area contributed by atoms with E-state index < -0.39 is 26.7 Å². The van der Waals surface area contributed by atoms with Crippen LogP contribution in [0.4, 0.5) is 0 Å². The van der Waals surface area contributed by atoms with Crippen LogP contribution in [-0.4, -0.2) is 51.5 Å². The van der Waals surface area contributed by atoms with Gasteiger partial charge in [-0.15, -0.1) is 0 Å². The van der Waals surface area contributed by atoms with Gasteiger partial charge in [0.1, 0.15) is 0 Å². The lowest BCUT2D eigenvalue weighted by Gasteiger charge is -2.38. The Bertz CT molecular complexity index is 360. The zero-order valence-corrected chi connectivity index (χ0v) is 15.7. The average molecular weight is 350 g/mol. The maximum absolute atomic E-state index is 11.6. The van der Waals surface area contributed by atoms with Crippen LogP contribution in [0.15, 0.2) is 12.7 Å². The SMILES string of the molecule is C=CC(=O)OC(C)(CC(C)O)O[Si](CCCN)(OCC)OCC. The molecule has 0 radical (unpaired) electrons. The lowest BCUT2D eigenvalue weighted by molar-refractivity contribution is -0.210. The van der Waals surface area contributed by atoms with Crippen molar-refractivity contribution in [2.75, 3.05) is 19.8 Å². The van der Waals surface area contributed by atoms with Crippen LogP contribution in [0.2, 0.25) is 6.04 Å². The van der Waals surface area contributed by atoms with E-state index in [0.29, 0.717) is 32.2 Å². The van der Waals surface area contributed by atoms with Crippen LogP contribution >= 0.6 is 0 Å². The standard InChI is InChI=1S/C15H31NO6Si/c1-6-14(18)21-15(5,12-13(4)17)22-23(19-7-2,20-8-3)11-9-10-16/h6,13,17H,1,7-12,16H2,2-5H3. The number of hydrogen-bond donors (Lipinski definition) is 2. The Kier molecular flexibility index (Phi) is 10.5. The molecule has 0 aliphatic carbocycles. The first-order valence-electron chi connectivity index (χ1n) is 7.98. The molecular weight excluding hydrogens is 318 g/mol. The molecule has 0 aliphatic rings. The van der Waals surface area contributed by atoms with Crippen molar-refractivity contribution in [3.63, 3.8) is 0 Å². The second-order valence-corrected chi connectivity index (χ2v) is 8.00. The number of hydrogen-bond acceptors (Lipinski definition) is 7. The van der Waals surface area contributed by atoms with E-state index in [1.54, 1.807) is 13.8 Å². The normalized spacial score (nSPS) is 15.7. The summed E-state index contributed by atoms with van der Waals surface area (Å²) in [6.07, 6.45) is 1.06. The highest BCUT2D eigenvalue weighted by Gasteiger charge is 2.48. The van der Waals surface area contributed by atoms with Gasteiger partial charge in [0.25, 0.3) is 0 Å². The number of aliphatic hydroxyl groups excluding tert-OH is 1. The predicted octanol–water partition coefficient (Wildman–Crippen LogP) is 1.58. The summed E-state index contributed by atoms with van der Waals surface area (Å²) in [7, 11) is -3.10.